The third kappa shape index (κ3) is 4.90. The van der Waals surface area contributed by atoms with Crippen molar-refractivity contribution < 1.29 is 14.4 Å². The second-order valence-corrected chi connectivity index (χ2v) is 8.54. The van der Waals surface area contributed by atoms with Crippen molar-refractivity contribution in [2.75, 3.05) is 31.5 Å². The van der Waals surface area contributed by atoms with E-state index in [-0.39, 0.29) is 23.6 Å². The summed E-state index contributed by atoms with van der Waals surface area (Å²) in [5, 5.41) is 3.56. The number of rotatable bonds is 4. The number of hydrogen-bond donors (Lipinski definition) is 1. The van der Waals surface area contributed by atoms with Crippen LogP contribution in [-0.4, -0.2) is 53.7 Å². The number of carbonyl (C=O) groups excluding carboxylic acids is 3. The zero-order chi connectivity index (χ0) is 21.8. The van der Waals surface area contributed by atoms with Crippen LogP contribution in [0.1, 0.15) is 46.4 Å². The number of halogens is 1. The second-order valence-electron chi connectivity index (χ2n) is 8.11. The Hall–Kier alpha value is -2.86. The number of carbonyl (C=O) groups is 3. The first kappa shape index (κ1) is 21.4. The average Bonchev–Trinajstić information content (AvgIpc) is 3.34. The largest absolute Gasteiger partial charge is 0.339 e. The van der Waals surface area contributed by atoms with Crippen molar-refractivity contribution in [2.24, 2.45) is 5.92 Å². The van der Waals surface area contributed by atoms with Gasteiger partial charge >= 0.3 is 0 Å². The fourth-order valence-corrected chi connectivity index (χ4v) is 4.35. The SMILES string of the molecule is O=C(Nc1ccccc1C(=O)N1CCCC1)C1CCN(C(=O)c2ccc(Cl)cc2)CC1. The molecule has 4 rings (SSSR count). The molecule has 2 aliphatic rings. The lowest BCUT2D eigenvalue weighted by atomic mass is 9.95. The topological polar surface area (TPSA) is 69.7 Å². The molecule has 2 heterocycles. The van der Waals surface area contributed by atoms with Crippen LogP contribution in [0, 0.1) is 5.92 Å². The maximum Gasteiger partial charge on any atom is 0.255 e. The summed E-state index contributed by atoms with van der Waals surface area (Å²) >= 11 is 5.90. The molecule has 31 heavy (non-hydrogen) atoms. The van der Waals surface area contributed by atoms with Gasteiger partial charge in [-0.15, -0.1) is 0 Å². The Morgan fingerprint density at radius 1 is 0.806 bits per heavy atom. The molecule has 0 saturated carbocycles. The monoisotopic (exact) mass is 439 g/mol. The molecule has 2 aromatic rings. The predicted molar refractivity (Wildman–Crippen MR) is 120 cm³/mol. The van der Waals surface area contributed by atoms with E-state index < -0.39 is 0 Å². The van der Waals surface area contributed by atoms with Gasteiger partial charge in [-0.3, -0.25) is 14.4 Å². The first-order chi connectivity index (χ1) is 15.0. The molecular weight excluding hydrogens is 414 g/mol. The van der Waals surface area contributed by atoms with E-state index in [1.54, 1.807) is 41.3 Å². The van der Waals surface area contributed by atoms with E-state index >= 15 is 0 Å². The van der Waals surface area contributed by atoms with Gasteiger partial charge in [-0.1, -0.05) is 23.7 Å². The molecule has 162 valence electrons. The van der Waals surface area contributed by atoms with Gasteiger partial charge < -0.3 is 15.1 Å². The van der Waals surface area contributed by atoms with Crippen LogP contribution in [0.2, 0.25) is 5.02 Å². The third-order valence-corrected chi connectivity index (χ3v) is 6.30. The first-order valence-corrected chi connectivity index (χ1v) is 11.1. The van der Waals surface area contributed by atoms with E-state index in [9.17, 15) is 14.4 Å². The number of nitrogens with zero attached hydrogens (tertiary/aromatic N) is 2. The minimum absolute atomic E-state index is 0.0308. The Bertz CT molecular complexity index is 962. The van der Waals surface area contributed by atoms with Gasteiger partial charge in [0, 0.05) is 42.7 Å². The zero-order valence-corrected chi connectivity index (χ0v) is 18.1. The van der Waals surface area contributed by atoms with Crippen LogP contribution in [-0.2, 0) is 4.79 Å². The zero-order valence-electron chi connectivity index (χ0n) is 17.4. The summed E-state index contributed by atoms with van der Waals surface area (Å²) in [4.78, 5) is 42.0. The summed E-state index contributed by atoms with van der Waals surface area (Å²) in [6.45, 7) is 2.57. The molecule has 1 N–H and O–H groups in total. The van der Waals surface area contributed by atoms with Crippen LogP contribution in [0.15, 0.2) is 48.5 Å². The summed E-state index contributed by atoms with van der Waals surface area (Å²) in [5.41, 5.74) is 1.69. The molecule has 2 fully saturated rings. The maximum absolute atomic E-state index is 12.9. The Morgan fingerprint density at radius 3 is 2.10 bits per heavy atom. The van der Waals surface area contributed by atoms with Gasteiger partial charge in [-0.25, -0.2) is 0 Å². The van der Waals surface area contributed by atoms with E-state index in [1.807, 2.05) is 17.0 Å². The van der Waals surface area contributed by atoms with Crippen LogP contribution in [0.3, 0.4) is 0 Å². The van der Waals surface area contributed by atoms with Crippen molar-refractivity contribution in [1.29, 1.82) is 0 Å². The highest BCUT2D eigenvalue weighted by molar-refractivity contribution is 6.30. The predicted octanol–water partition coefficient (Wildman–Crippen LogP) is 4.07. The van der Waals surface area contributed by atoms with E-state index in [0.29, 0.717) is 47.8 Å². The van der Waals surface area contributed by atoms with E-state index in [1.165, 1.54) is 0 Å². The van der Waals surface area contributed by atoms with Gasteiger partial charge in [-0.05, 0) is 62.1 Å². The highest BCUT2D eigenvalue weighted by atomic mass is 35.5. The summed E-state index contributed by atoms with van der Waals surface area (Å²) in [5.74, 6) is -0.363. The highest BCUT2D eigenvalue weighted by Gasteiger charge is 2.29. The molecule has 2 aromatic carbocycles. The number of para-hydroxylation sites is 1. The molecule has 7 heteroatoms. The smallest absolute Gasteiger partial charge is 0.255 e. The van der Waals surface area contributed by atoms with Crippen LogP contribution < -0.4 is 5.32 Å². The molecule has 6 nitrogen and oxygen atoms in total. The van der Waals surface area contributed by atoms with Gasteiger partial charge in [0.05, 0.1) is 11.3 Å². The number of anilines is 1. The molecule has 0 atom stereocenters. The molecule has 2 saturated heterocycles. The third-order valence-electron chi connectivity index (χ3n) is 6.05. The van der Waals surface area contributed by atoms with E-state index in [4.69, 9.17) is 11.6 Å². The molecular formula is C24H26ClN3O3. The van der Waals surface area contributed by atoms with Crippen LogP contribution in [0.25, 0.3) is 0 Å². The number of hydrogen-bond acceptors (Lipinski definition) is 3. The first-order valence-electron chi connectivity index (χ1n) is 10.8. The fourth-order valence-electron chi connectivity index (χ4n) is 4.22. The van der Waals surface area contributed by atoms with Crippen LogP contribution in [0.4, 0.5) is 5.69 Å². The molecule has 0 aliphatic carbocycles. The normalized spacial score (nSPS) is 16.9. The molecule has 0 unspecified atom stereocenters. The van der Waals surface area contributed by atoms with E-state index in [0.717, 1.165) is 25.9 Å². The van der Waals surface area contributed by atoms with Gasteiger partial charge in [0.2, 0.25) is 5.91 Å². The van der Waals surface area contributed by atoms with Crippen LogP contribution in [0.5, 0.6) is 0 Å². The minimum atomic E-state index is -0.191. The highest BCUT2D eigenvalue weighted by Crippen LogP contribution is 2.24. The van der Waals surface area contributed by atoms with Gasteiger partial charge in [0.25, 0.3) is 11.8 Å². The van der Waals surface area contributed by atoms with Crippen molar-refractivity contribution in [2.45, 2.75) is 25.7 Å². The second kappa shape index (κ2) is 9.52. The standard InChI is InChI=1S/C24H26ClN3O3/c25-19-9-7-18(8-10-19)23(30)28-15-11-17(12-16-28)22(29)26-21-6-2-1-5-20(21)24(31)27-13-3-4-14-27/h1-2,5-10,17H,3-4,11-16H2,(H,26,29). The molecule has 2 aliphatic heterocycles. The fraction of sp³-hybridized carbons (Fsp3) is 0.375. The quantitative estimate of drug-likeness (QED) is 0.780. The summed E-state index contributed by atoms with van der Waals surface area (Å²) in [7, 11) is 0. The maximum atomic E-state index is 12.9. The van der Waals surface area contributed by atoms with Gasteiger partial charge in [0.15, 0.2) is 0 Å². The van der Waals surface area contributed by atoms with Gasteiger partial charge in [0.1, 0.15) is 0 Å². The van der Waals surface area contributed by atoms with Crippen molar-refractivity contribution >= 4 is 35.0 Å². The molecule has 0 radical (unpaired) electrons. The van der Waals surface area contributed by atoms with Crippen molar-refractivity contribution in [3.63, 3.8) is 0 Å². The lowest BCUT2D eigenvalue weighted by Crippen LogP contribution is -2.41. The Kier molecular flexibility index (Phi) is 6.56. The molecule has 3 amide bonds. The average molecular weight is 440 g/mol. The Balaban J connectivity index is 1.36. The molecule has 0 bridgehead atoms. The number of benzene rings is 2. The number of nitrogens with one attached hydrogen (secondary N) is 1. The molecule has 0 aromatic heterocycles. The minimum Gasteiger partial charge on any atom is -0.339 e. The lowest BCUT2D eigenvalue weighted by molar-refractivity contribution is -0.121. The Morgan fingerprint density at radius 2 is 1.42 bits per heavy atom. The lowest BCUT2D eigenvalue weighted by Gasteiger charge is -2.31. The van der Waals surface area contributed by atoms with Crippen LogP contribution >= 0.6 is 11.6 Å². The van der Waals surface area contributed by atoms with E-state index in [2.05, 4.69) is 5.32 Å². The summed E-state index contributed by atoms with van der Waals surface area (Å²) < 4.78 is 0. The van der Waals surface area contributed by atoms with Crippen molar-refractivity contribution in [1.82, 2.24) is 9.80 Å². The van der Waals surface area contributed by atoms with Crippen molar-refractivity contribution in [3.05, 3.63) is 64.7 Å². The van der Waals surface area contributed by atoms with Crippen molar-refractivity contribution in [3.8, 4) is 0 Å². The summed E-state index contributed by atoms with van der Waals surface area (Å²) in [6, 6.07) is 14.0. The Labute approximate surface area is 187 Å². The van der Waals surface area contributed by atoms with Gasteiger partial charge in [-0.2, -0.15) is 0 Å². The number of amides is 3. The molecule has 0 spiro atoms. The number of likely N-dealkylation sites (tertiary alicyclic amines) is 2. The summed E-state index contributed by atoms with van der Waals surface area (Å²) in [6.07, 6.45) is 3.22. The number of piperidine rings is 1.